The van der Waals surface area contributed by atoms with Gasteiger partial charge in [-0.3, -0.25) is 9.59 Å². The molecule has 3 N–H and O–H groups in total. The van der Waals surface area contributed by atoms with Gasteiger partial charge in [-0.05, 0) is 42.7 Å². The van der Waals surface area contributed by atoms with Crippen molar-refractivity contribution >= 4 is 23.9 Å². The first kappa shape index (κ1) is 25.0. The lowest BCUT2D eigenvalue weighted by molar-refractivity contribution is -0.142. The van der Waals surface area contributed by atoms with E-state index in [-0.39, 0.29) is 43.1 Å². The molecule has 0 radical (unpaired) electrons. The van der Waals surface area contributed by atoms with E-state index in [0.29, 0.717) is 25.1 Å². The number of amides is 1. The topological polar surface area (TPSA) is 107 Å². The largest absolute Gasteiger partial charge is 0.481 e. The van der Waals surface area contributed by atoms with Gasteiger partial charge in [0.25, 0.3) is 0 Å². The summed E-state index contributed by atoms with van der Waals surface area (Å²) >= 11 is 0. The molecule has 32 heavy (non-hydrogen) atoms. The molecule has 0 fully saturated rings. The summed E-state index contributed by atoms with van der Waals surface area (Å²) in [6.45, 7) is 2.85. The van der Waals surface area contributed by atoms with Crippen LogP contribution in [0.5, 0.6) is 0 Å². The minimum atomic E-state index is -0.996. The number of nitrogens with one attached hydrogen (secondary N) is 1. The van der Waals surface area contributed by atoms with Gasteiger partial charge in [0.1, 0.15) is 12.1 Å². The summed E-state index contributed by atoms with van der Waals surface area (Å²) in [5, 5.41) is 20.6. The van der Waals surface area contributed by atoms with Crippen LogP contribution in [0.2, 0.25) is 0 Å². The average molecular weight is 445 g/mol. The molecule has 1 aliphatic heterocycles. The molecule has 0 spiro atoms. The number of carboxylic acids is 1. The van der Waals surface area contributed by atoms with Crippen LogP contribution < -0.4 is 5.32 Å². The summed E-state index contributed by atoms with van der Waals surface area (Å²) in [4.78, 5) is 36.4. The van der Waals surface area contributed by atoms with Crippen molar-refractivity contribution in [2.45, 2.75) is 38.8 Å². The van der Waals surface area contributed by atoms with Crippen molar-refractivity contribution in [1.29, 1.82) is 0 Å². The first-order valence-electron chi connectivity index (χ1n) is 10.6. The summed E-state index contributed by atoms with van der Waals surface area (Å²) in [7, 11) is 0. The highest BCUT2D eigenvalue weighted by atomic mass is 19.1. The van der Waals surface area contributed by atoms with E-state index in [1.165, 1.54) is 12.1 Å². The second kappa shape index (κ2) is 12.6. The molecule has 2 aromatic rings. The Labute approximate surface area is 186 Å². The van der Waals surface area contributed by atoms with E-state index in [2.05, 4.69) is 5.32 Å². The second-order valence-corrected chi connectivity index (χ2v) is 7.41. The Kier molecular flexibility index (Phi) is 9.81. The molecular weight excluding hydrogens is 415 g/mol. The number of hydrogen-bond acceptors (Lipinski definition) is 5. The third-order valence-electron chi connectivity index (χ3n) is 5.27. The van der Waals surface area contributed by atoms with E-state index in [0.717, 1.165) is 17.5 Å². The summed E-state index contributed by atoms with van der Waals surface area (Å²) in [6, 6.07) is 13.2. The molecule has 8 heteroatoms. The normalized spacial score (nSPS) is 17.0. The Bertz CT molecular complexity index is 921. The minimum Gasteiger partial charge on any atom is -0.481 e. The first-order chi connectivity index (χ1) is 15.4. The van der Waals surface area contributed by atoms with Crippen LogP contribution >= 0.6 is 0 Å². The lowest BCUT2D eigenvalue weighted by Crippen LogP contribution is -2.39. The Morgan fingerprint density at radius 1 is 1.19 bits per heavy atom. The van der Waals surface area contributed by atoms with E-state index < -0.39 is 5.97 Å². The van der Waals surface area contributed by atoms with Gasteiger partial charge in [0.05, 0.1) is 19.1 Å². The van der Waals surface area contributed by atoms with Crippen LogP contribution in [0.3, 0.4) is 0 Å². The summed E-state index contributed by atoms with van der Waals surface area (Å²) < 4.78 is 12.2. The number of carboxylic acid groups (broad SMARTS) is 1. The minimum absolute atomic E-state index is 0.0547. The van der Waals surface area contributed by atoms with Crippen molar-refractivity contribution in [2.75, 3.05) is 18.4 Å². The average Bonchev–Trinajstić information content (AvgIpc) is 2.98. The van der Waals surface area contributed by atoms with Crippen LogP contribution in [-0.4, -0.2) is 46.4 Å². The lowest BCUT2D eigenvalue weighted by Gasteiger charge is -2.34. The van der Waals surface area contributed by atoms with Crippen molar-refractivity contribution in [1.82, 2.24) is 4.90 Å². The first-order valence-corrected chi connectivity index (χ1v) is 10.6. The monoisotopic (exact) mass is 444 g/mol. The van der Waals surface area contributed by atoms with Crippen LogP contribution in [0, 0.1) is 11.7 Å². The molecule has 2 aromatic carbocycles. The van der Waals surface area contributed by atoms with Gasteiger partial charge in [-0.25, -0.2) is 4.39 Å². The molecule has 1 amide bonds. The highest BCUT2D eigenvalue weighted by molar-refractivity contribution is 5.82. The second-order valence-electron chi connectivity index (χ2n) is 7.41. The lowest BCUT2D eigenvalue weighted by atomic mass is 9.90. The number of benzene rings is 2. The molecular formula is C24H29FN2O5. The Hall–Kier alpha value is -3.26. The number of nitrogens with zero attached hydrogens (tertiary/aromatic N) is 1. The molecule has 0 aliphatic carbocycles. The zero-order valence-corrected chi connectivity index (χ0v) is 18.0. The number of hydrogen-bond donors (Lipinski definition) is 3. The van der Waals surface area contributed by atoms with Crippen LogP contribution in [0.4, 0.5) is 10.1 Å². The standard InChI is InChI=1S/C17H22N2O4.C7H7FO/c1-2-19(15(21)7-8-16(22)23)17-12(11-20)9-10-18-14-6-4-3-5-13(14)17;8-7-3-1-2-6(4-7)5-9/h3-6,11-12,17-18H,2,7-10H2,1H3,(H,22,23);1-4,9H,5H2. The van der Waals surface area contributed by atoms with Gasteiger partial charge in [-0.2, -0.15) is 0 Å². The van der Waals surface area contributed by atoms with Crippen molar-refractivity contribution in [3.05, 3.63) is 65.5 Å². The van der Waals surface area contributed by atoms with Gasteiger partial charge < -0.3 is 25.2 Å². The zero-order chi connectivity index (χ0) is 23.5. The van der Waals surface area contributed by atoms with Crippen LogP contribution in [0.25, 0.3) is 0 Å². The van der Waals surface area contributed by atoms with Gasteiger partial charge in [-0.1, -0.05) is 30.3 Å². The Balaban J connectivity index is 0.000000336. The van der Waals surface area contributed by atoms with Crippen molar-refractivity contribution in [3.8, 4) is 0 Å². The molecule has 0 aromatic heterocycles. The number of aliphatic carboxylic acids is 1. The third kappa shape index (κ3) is 6.88. The van der Waals surface area contributed by atoms with Crippen molar-refractivity contribution in [2.24, 2.45) is 5.92 Å². The van der Waals surface area contributed by atoms with Gasteiger partial charge >= 0.3 is 5.97 Å². The number of anilines is 1. The molecule has 3 rings (SSSR count). The summed E-state index contributed by atoms with van der Waals surface area (Å²) in [5.41, 5.74) is 2.44. The molecule has 0 saturated carbocycles. The van der Waals surface area contributed by atoms with E-state index in [1.807, 2.05) is 31.2 Å². The predicted molar refractivity (Wildman–Crippen MR) is 118 cm³/mol. The van der Waals surface area contributed by atoms with E-state index in [9.17, 15) is 18.8 Å². The van der Waals surface area contributed by atoms with E-state index in [1.54, 1.807) is 17.0 Å². The third-order valence-corrected chi connectivity index (χ3v) is 5.27. The molecule has 2 unspecified atom stereocenters. The number of aldehydes is 1. The van der Waals surface area contributed by atoms with Gasteiger partial charge in [0.2, 0.25) is 5.91 Å². The van der Waals surface area contributed by atoms with Crippen molar-refractivity contribution in [3.63, 3.8) is 0 Å². The SMILES string of the molecule is CCN(C(=O)CCC(=O)O)C1c2ccccc2NCCC1C=O.OCc1cccc(F)c1. The quantitative estimate of drug-likeness (QED) is 0.565. The number of halogens is 1. The number of carbonyl (C=O) groups excluding carboxylic acids is 2. The number of aliphatic hydroxyl groups is 1. The Morgan fingerprint density at radius 2 is 1.94 bits per heavy atom. The highest BCUT2D eigenvalue weighted by Crippen LogP contribution is 2.37. The number of para-hydroxylation sites is 1. The molecule has 7 nitrogen and oxygen atoms in total. The fraction of sp³-hybridized carbons (Fsp3) is 0.375. The maximum atomic E-state index is 12.5. The summed E-state index contributed by atoms with van der Waals surface area (Å²) in [5.74, 6) is -1.84. The van der Waals surface area contributed by atoms with Gasteiger partial charge in [0.15, 0.2) is 0 Å². The fourth-order valence-corrected chi connectivity index (χ4v) is 3.74. The number of rotatable bonds is 7. The smallest absolute Gasteiger partial charge is 0.303 e. The molecule has 1 heterocycles. The van der Waals surface area contributed by atoms with Crippen LogP contribution in [0.1, 0.15) is 43.4 Å². The number of carbonyl (C=O) groups is 3. The van der Waals surface area contributed by atoms with E-state index >= 15 is 0 Å². The molecule has 2 atom stereocenters. The molecule has 0 saturated heterocycles. The van der Waals surface area contributed by atoms with E-state index in [4.69, 9.17) is 10.2 Å². The number of fused-ring (bicyclic) bond motifs is 1. The van der Waals surface area contributed by atoms with Gasteiger partial charge in [0, 0.05) is 31.1 Å². The Morgan fingerprint density at radius 3 is 2.53 bits per heavy atom. The van der Waals surface area contributed by atoms with Crippen molar-refractivity contribution < 1.29 is 29.0 Å². The maximum Gasteiger partial charge on any atom is 0.303 e. The molecule has 0 bridgehead atoms. The van der Waals surface area contributed by atoms with Crippen LogP contribution in [-0.2, 0) is 21.0 Å². The molecule has 1 aliphatic rings. The maximum absolute atomic E-state index is 12.5. The number of aliphatic hydroxyl groups excluding tert-OH is 1. The van der Waals surface area contributed by atoms with Gasteiger partial charge in [-0.15, -0.1) is 0 Å². The zero-order valence-electron chi connectivity index (χ0n) is 18.0. The highest BCUT2D eigenvalue weighted by Gasteiger charge is 2.34. The summed E-state index contributed by atoms with van der Waals surface area (Å²) in [6.07, 6.45) is 1.28. The fourth-order valence-electron chi connectivity index (χ4n) is 3.74. The van der Waals surface area contributed by atoms with Crippen LogP contribution in [0.15, 0.2) is 48.5 Å². The molecule has 172 valence electrons. The predicted octanol–water partition coefficient (Wildman–Crippen LogP) is 3.39.